The minimum absolute atomic E-state index is 0.119. The van der Waals surface area contributed by atoms with Crippen LogP contribution in [0, 0.1) is 0 Å². The summed E-state index contributed by atoms with van der Waals surface area (Å²) in [6, 6.07) is 13.6. The molecule has 1 heterocycles. The summed E-state index contributed by atoms with van der Waals surface area (Å²) in [7, 11) is -3.64. The fraction of sp³-hybridized carbons (Fsp3) is 0.316. The SMILES string of the molecule is C[C@H](NC(=O)c1cccc(S(=O)(=O)N2CCOCC2)c1)c1ccc(Br)cc1. The Morgan fingerprint density at radius 3 is 2.48 bits per heavy atom. The molecule has 0 saturated carbocycles. The van der Waals surface area contributed by atoms with Crippen molar-refractivity contribution < 1.29 is 17.9 Å². The van der Waals surface area contributed by atoms with Crippen LogP contribution in [0.25, 0.3) is 0 Å². The molecule has 144 valence electrons. The minimum atomic E-state index is -3.64. The number of nitrogens with one attached hydrogen (secondary N) is 1. The maximum atomic E-state index is 12.8. The fourth-order valence-electron chi connectivity index (χ4n) is 2.85. The Hall–Kier alpha value is -1.74. The lowest BCUT2D eigenvalue weighted by Crippen LogP contribution is -2.40. The largest absolute Gasteiger partial charge is 0.379 e. The molecule has 1 N–H and O–H groups in total. The monoisotopic (exact) mass is 452 g/mol. The Morgan fingerprint density at radius 2 is 1.81 bits per heavy atom. The highest BCUT2D eigenvalue weighted by molar-refractivity contribution is 9.10. The van der Waals surface area contributed by atoms with E-state index in [0.717, 1.165) is 10.0 Å². The number of amides is 1. The lowest BCUT2D eigenvalue weighted by atomic mass is 10.1. The van der Waals surface area contributed by atoms with E-state index in [-0.39, 0.29) is 16.8 Å². The van der Waals surface area contributed by atoms with Crippen LogP contribution < -0.4 is 5.32 Å². The van der Waals surface area contributed by atoms with Crippen molar-refractivity contribution in [1.29, 1.82) is 0 Å². The summed E-state index contributed by atoms with van der Waals surface area (Å²) < 4.78 is 33.1. The first-order valence-electron chi connectivity index (χ1n) is 8.62. The summed E-state index contributed by atoms with van der Waals surface area (Å²) in [5.41, 5.74) is 1.27. The van der Waals surface area contributed by atoms with Gasteiger partial charge >= 0.3 is 0 Å². The van der Waals surface area contributed by atoms with Crippen molar-refractivity contribution in [2.24, 2.45) is 0 Å². The number of ether oxygens (including phenoxy) is 1. The Balaban J connectivity index is 1.76. The van der Waals surface area contributed by atoms with E-state index in [4.69, 9.17) is 4.74 Å². The molecule has 8 heteroatoms. The van der Waals surface area contributed by atoms with Crippen LogP contribution in [0.3, 0.4) is 0 Å². The van der Waals surface area contributed by atoms with Crippen LogP contribution in [0.15, 0.2) is 57.9 Å². The van der Waals surface area contributed by atoms with Crippen molar-refractivity contribution in [1.82, 2.24) is 9.62 Å². The maximum absolute atomic E-state index is 12.8. The van der Waals surface area contributed by atoms with Crippen molar-refractivity contribution in [3.05, 3.63) is 64.1 Å². The van der Waals surface area contributed by atoms with Crippen LogP contribution in [0.2, 0.25) is 0 Å². The van der Waals surface area contributed by atoms with Gasteiger partial charge in [-0.1, -0.05) is 34.1 Å². The number of halogens is 1. The van der Waals surface area contributed by atoms with Crippen LogP contribution >= 0.6 is 15.9 Å². The number of carbonyl (C=O) groups is 1. The van der Waals surface area contributed by atoms with Crippen LogP contribution in [0.5, 0.6) is 0 Å². The third kappa shape index (κ3) is 4.76. The van der Waals surface area contributed by atoms with E-state index in [1.807, 2.05) is 31.2 Å². The number of carbonyl (C=O) groups excluding carboxylic acids is 1. The van der Waals surface area contributed by atoms with Crippen LogP contribution in [0.4, 0.5) is 0 Å². The molecule has 2 aromatic carbocycles. The third-order valence-electron chi connectivity index (χ3n) is 4.42. The maximum Gasteiger partial charge on any atom is 0.251 e. The van der Waals surface area contributed by atoms with E-state index in [1.54, 1.807) is 12.1 Å². The predicted molar refractivity (Wildman–Crippen MR) is 106 cm³/mol. The molecule has 1 saturated heterocycles. The zero-order valence-corrected chi connectivity index (χ0v) is 17.3. The van der Waals surface area contributed by atoms with Gasteiger partial charge in [0.2, 0.25) is 10.0 Å². The molecule has 1 atom stereocenters. The summed E-state index contributed by atoms with van der Waals surface area (Å²) in [4.78, 5) is 12.7. The summed E-state index contributed by atoms with van der Waals surface area (Å²) in [5.74, 6) is -0.315. The van der Waals surface area contributed by atoms with E-state index in [2.05, 4.69) is 21.2 Å². The quantitative estimate of drug-likeness (QED) is 0.756. The molecular weight excluding hydrogens is 432 g/mol. The first-order chi connectivity index (χ1) is 12.9. The van der Waals surface area contributed by atoms with Gasteiger partial charge in [-0.2, -0.15) is 4.31 Å². The predicted octanol–water partition coefficient (Wildman–Crippen LogP) is 2.96. The summed E-state index contributed by atoms with van der Waals surface area (Å²) in [5, 5.41) is 2.91. The number of hydrogen-bond acceptors (Lipinski definition) is 4. The second kappa shape index (κ2) is 8.52. The number of rotatable bonds is 5. The molecule has 0 aliphatic carbocycles. The molecule has 0 unspecified atom stereocenters. The minimum Gasteiger partial charge on any atom is -0.379 e. The van der Waals surface area contributed by atoms with Gasteiger partial charge in [-0.25, -0.2) is 8.42 Å². The zero-order chi connectivity index (χ0) is 19.4. The lowest BCUT2D eigenvalue weighted by molar-refractivity contribution is 0.0730. The number of nitrogens with zero attached hydrogens (tertiary/aromatic N) is 1. The van der Waals surface area contributed by atoms with Crippen LogP contribution in [-0.4, -0.2) is 44.9 Å². The fourth-order valence-corrected chi connectivity index (χ4v) is 4.57. The molecule has 1 fully saturated rings. The average molecular weight is 453 g/mol. The first kappa shape index (κ1) is 20.0. The second-order valence-corrected chi connectivity index (χ2v) is 9.14. The van der Waals surface area contributed by atoms with Gasteiger partial charge in [-0.3, -0.25) is 4.79 Å². The van der Waals surface area contributed by atoms with Crippen molar-refractivity contribution in [3.63, 3.8) is 0 Å². The number of morpholine rings is 1. The van der Waals surface area contributed by atoms with Crippen molar-refractivity contribution in [3.8, 4) is 0 Å². The Labute approximate surface area is 167 Å². The molecule has 0 bridgehead atoms. The molecule has 27 heavy (non-hydrogen) atoms. The Kier molecular flexibility index (Phi) is 6.31. The van der Waals surface area contributed by atoms with E-state index in [1.165, 1.54) is 16.4 Å². The van der Waals surface area contributed by atoms with Gasteiger partial charge in [0.05, 0.1) is 24.2 Å². The van der Waals surface area contributed by atoms with Gasteiger partial charge in [0.25, 0.3) is 5.91 Å². The van der Waals surface area contributed by atoms with Crippen LogP contribution in [0.1, 0.15) is 28.9 Å². The molecule has 3 rings (SSSR count). The molecule has 1 aliphatic heterocycles. The molecule has 0 spiro atoms. The summed E-state index contributed by atoms with van der Waals surface area (Å²) in [6.45, 7) is 3.28. The number of sulfonamides is 1. The van der Waals surface area contributed by atoms with E-state index in [0.29, 0.717) is 31.9 Å². The lowest BCUT2D eigenvalue weighted by Gasteiger charge is -2.26. The summed E-state index contributed by atoms with van der Waals surface area (Å²) in [6.07, 6.45) is 0. The molecular formula is C19H21BrN2O4S. The first-order valence-corrected chi connectivity index (χ1v) is 10.9. The van der Waals surface area contributed by atoms with Crippen LogP contribution in [-0.2, 0) is 14.8 Å². The van der Waals surface area contributed by atoms with Gasteiger partial charge in [0.15, 0.2) is 0 Å². The van der Waals surface area contributed by atoms with Gasteiger partial charge in [-0.15, -0.1) is 0 Å². The normalized spacial score (nSPS) is 16.7. The van der Waals surface area contributed by atoms with Crippen molar-refractivity contribution >= 4 is 31.9 Å². The number of hydrogen-bond donors (Lipinski definition) is 1. The second-order valence-electron chi connectivity index (χ2n) is 6.29. The summed E-state index contributed by atoms with van der Waals surface area (Å²) >= 11 is 3.39. The van der Waals surface area contributed by atoms with Crippen molar-refractivity contribution in [2.45, 2.75) is 17.9 Å². The Morgan fingerprint density at radius 1 is 1.15 bits per heavy atom. The van der Waals surface area contributed by atoms with Gasteiger partial charge < -0.3 is 10.1 Å². The topological polar surface area (TPSA) is 75.7 Å². The highest BCUT2D eigenvalue weighted by atomic mass is 79.9. The molecule has 0 radical (unpaired) electrons. The van der Waals surface area contributed by atoms with E-state index >= 15 is 0 Å². The standard InChI is InChI=1S/C19H21BrN2O4S/c1-14(15-5-7-17(20)8-6-15)21-19(23)16-3-2-4-18(13-16)27(24,25)22-9-11-26-12-10-22/h2-8,13-14H,9-12H2,1H3,(H,21,23)/t14-/m0/s1. The van der Waals surface area contributed by atoms with Gasteiger partial charge in [0, 0.05) is 23.1 Å². The highest BCUT2D eigenvalue weighted by Gasteiger charge is 2.27. The molecule has 0 aromatic heterocycles. The molecule has 2 aromatic rings. The van der Waals surface area contributed by atoms with E-state index < -0.39 is 10.0 Å². The average Bonchev–Trinajstić information content (AvgIpc) is 2.69. The van der Waals surface area contributed by atoms with Gasteiger partial charge in [-0.05, 0) is 42.8 Å². The highest BCUT2D eigenvalue weighted by Crippen LogP contribution is 2.20. The Bertz CT molecular complexity index is 910. The molecule has 1 aliphatic rings. The third-order valence-corrected chi connectivity index (χ3v) is 6.84. The smallest absolute Gasteiger partial charge is 0.251 e. The van der Waals surface area contributed by atoms with Gasteiger partial charge in [0.1, 0.15) is 0 Å². The molecule has 6 nitrogen and oxygen atoms in total. The zero-order valence-electron chi connectivity index (χ0n) is 14.9. The number of benzene rings is 2. The van der Waals surface area contributed by atoms with E-state index in [9.17, 15) is 13.2 Å². The van der Waals surface area contributed by atoms with Crippen molar-refractivity contribution in [2.75, 3.05) is 26.3 Å². The molecule has 1 amide bonds.